The molecule has 0 aliphatic rings. The molecule has 3 heteroatoms. The van der Waals surface area contributed by atoms with Crippen molar-refractivity contribution in [3.8, 4) is 5.75 Å². The molecule has 0 saturated heterocycles. The first-order valence-corrected chi connectivity index (χ1v) is 3.58. The van der Waals surface area contributed by atoms with Crippen LogP contribution >= 0.6 is 11.6 Å². The number of rotatable bonds is 2. The maximum absolute atomic E-state index is 8.98. The van der Waals surface area contributed by atoms with E-state index in [9.17, 15) is 0 Å². The van der Waals surface area contributed by atoms with Crippen LogP contribution in [0.1, 0.15) is 5.56 Å². The second-order valence-electron chi connectivity index (χ2n) is 2.21. The standard InChI is InChI=1S/C8H9ClO2/c1-11-5-6-2-3-7(10)4-8(6)9/h2-4,10H,5H2,1H3. The average Bonchev–Trinajstić information content (AvgIpc) is 1.95. The zero-order valence-corrected chi connectivity index (χ0v) is 6.93. The van der Waals surface area contributed by atoms with Gasteiger partial charge in [0.1, 0.15) is 5.75 Å². The zero-order chi connectivity index (χ0) is 8.27. The van der Waals surface area contributed by atoms with Crippen molar-refractivity contribution in [2.75, 3.05) is 7.11 Å². The Kier molecular flexibility index (Phi) is 2.74. The van der Waals surface area contributed by atoms with Crippen molar-refractivity contribution >= 4 is 11.6 Å². The van der Waals surface area contributed by atoms with Gasteiger partial charge in [-0.3, -0.25) is 0 Å². The maximum Gasteiger partial charge on any atom is 0.117 e. The number of methoxy groups -OCH3 is 1. The lowest BCUT2D eigenvalue weighted by Crippen LogP contribution is -1.87. The first kappa shape index (κ1) is 8.37. The fraction of sp³-hybridized carbons (Fsp3) is 0.250. The van der Waals surface area contributed by atoms with E-state index in [2.05, 4.69) is 0 Å². The van der Waals surface area contributed by atoms with E-state index in [0.717, 1.165) is 5.56 Å². The van der Waals surface area contributed by atoms with Gasteiger partial charge >= 0.3 is 0 Å². The molecule has 0 aliphatic carbocycles. The van der Waals surface area contributed by atoms with Gasteiger partial charge < -0.3 is 9.84 Å². The number of ether oxygens (including phenoxy) is 1. The molecule has 0 fully saturated rings. The smallest absolute Gasteiger partial charge is 0.117 e. The van der Waals surface area contributed by atoms with Crippen molar-refractivity contribution in [2.24, 2.45) is 0 Å². The topological polar surface area (TPSA) is 29.5 Å². The number of hydrogen-bond acceptors (Lipinski definition) is 2. The van der Waals surface area contributed by atoms with E-state index in [1.807, 2.05) is 0 Å². The lowest BCUT2D eigenvalue weighted by atomic mass is 10.2. The highest BCUT2D eigenvalue weighted by molar-refractivity contribution is 6.31. The van der Waals surface area contributed by atoms with Crippen molar-refractivity contribution < 1.29 is 9.84 Å². The Bertz CT molecular complexity index is 248. The molecule has 1 aromatic carbocycles. The van der Waals surface area contributed by atoms with Gasteiger partial charge in [0.15, 0.2) is 0 Å². The van der Waals surface area contributed by atoms with Gasteiger partial charge in [-0.25, -0.2) is 0 Å². The molecule has 0 heterocycles. The molecule has 11 heavy (non-hydrogen) atoms. The highest BCUT2D eigenvalue weighted by atomic mass is 35.5. The molecule has 0 aromatic heterocycles. The highest BCUT2D eigenvalue weighted by Gasteiger charge is 1.99. The van der Waals surface area contributed by atoms with Crippen LogP contribution in [0.15, 0.2) is 18.2 Å². The molecule has 0 atom stereocenters. The summed E-state index contributed by atoms with van der Waals surface area (Å²) >= 11 is 5.77. The molecular formula is C8H9ClO2. The number of phenolic OH excluding ortho intramolecular Hbond substituents is 1. The number of hydrogen-bond donors (Lipinski definition) is 1. The molecular weight excluding hydrogens is 164 g/mol. The molecule has 0 spiro atoms. The van der Waals surface area contributed by atoms with Crippen LogP contribution in [-0.2, 0) is 11.3 Å². The summed E-state index contributed by atoms with van der Waals surface area (Å²) in [6.45, 7) is 0.471. The molecule has 1 aromatic rings. The Hall–Kier alpha value is -0.730. The van der Waals surface area contributed by atoms with E-state index in [0.29, 0.717) is 11.6 Å². The van der Waals surface area contributed by atoms with Crippen LogP contribution in [0, 0.1) is 0 Å². The normalized spacial score (nSPS) is 10.0. The molecule has 1 N–H and O–H groups in total. The number of aromatic hydroxyl groups is 1. The van der Waals surface area contributed by atoms with Crippen LogP contribution in [0.4, 0.5) is 0 Å². The summed E-state index contributed by atoms with van der Waals surface area (Å²) in [6.07, 6.45) is 0. The Labute approximate surface area is 70.4 Å². The summed E-state index contributed by atoms with van der Waals surface area (Å²) in [5.74, 6) is 0.176. The average molecular weight is 173 g/mol. The Morgan fingerprint density at radius 3 is 2.82 bits per heavy atom. The van der Waals surface area contributed by atoms with Gasteiger partial charge in [-0.05, 0) is 17.7 Å². The molecule has 0 bridgehead atoms. The van der Waals surface area contributed by atoms with E-state index in [1.165, 1.54) is 6.07 Å². The Morgan fingerprint density at radius 2 is 2.27 bits per heavy atom. The van der Waals surface area contributed by atoms with Gasteiger partial charge in [0.2, 0.25) is 0 Å². The Morgan fingerprint density at radius 1 is 1.55 bits per heavy atom. The maximum atomic E-state index is 8.98. The third-order valence-corrected chi connectivity index (χ3v) is 1.69. The summed E-state index contributed by atoms with van der Waals surface area (Å²) < 4.78 is 4.88. The second kappa shape index (κ2) is 3.60. The zero-order valence-electron chi connectivity index (χ0n) is 6.17. The van der Waals surface area contributed by atoms with Gasteiger partial charge in [-0.15, -0.1) is 0 Å². The van der Waals surface area contributed by atoms with Crippen molar-refractivity contribution in [1.82, 2.24) is 0 Å². The highest BCUT2D eigenvalue weighted by Crippen LogP contribution is 2.21. The van der Waals surface area contributed by atoms with Crippen LogP contribution in [0.3, 0.4) is 0 Å². The van der Waals surface area contributed by atoms with E-state index < -0.39 is 0 Å². The molecule has 0 amide bonds. The lowest BCUT2D eigenvalue weighted by molar-refractivity contribution is 0.185. The second-order valence-corrected chi connectivity index (χ2v) is 2.62. The molecule has 0 saturated carbocycles. The van der Waals surface area contributed by atoms with E-state index in [4.69, 9.17) is 21.4 Å². The summed E-state index contributed by atoms with van der Waals surface area (Å²) in [5, 5.41) is 9.51. The quantitative estimate of drug-likeness (QED) is 0.741. The van der Waals surface area contributed by atoms with Crippen molar-refractivity contribution in [1.29, 1.82) is 0 Å². The van der Waals surface area contributed by atoms with Crippen LogP contribution in [0.5, 0.6) is 5.75 Å². The largest absolute Gasteiger partial charge is 0.508 e. The van der Waals surface area contributed by atoms with Gasteiger partial charge in [-0.1, -0.05) is 17.7 Å². The summed E-state index contributed by atoms with van der Waals surface area (Å²) in [5.41, 5.74) is 0.881. The van der Waals surface area contributed by atoms with E-state index in [1.54, 1.807) is 19.2 Å². The summed E-state index contributed by atoms with van der Waals surface area (Å²) in [4.78, 5) is 0. The van der Waals surface area contributed by atoms with Gasteiger partial charge in [0, 0.05) is 12.1 Å². The third kappa shape index (κ3) is 2.10. The van der Waals surface area contributed by atoms with Gasteiger partial charge in [-0.2, -0.15) is 0 Å². The predicted octanol–water partition coefficient (Wildman–Crippen LogP) is 2.19. The minimum absolute atomic E-state index is 0.176. The van der Waals surface area contributed by atoms with Crippen LogP contribution in [0.25, 0.3) is 0 Å². The van der Waals surface area contributed by atoms with Crippen LogP contribution in [-0.4, -0.2) is 12.2 Å². The first-order chi connectivity index (χ1) is 5.24. The molecule has 1 rings (SSSR count). The third-order valence-electron chi connectivity index (χ3n) is 1.34. The van der Waals surface area contributed by atoms with Crippen molar-refractivity contribution in [2.45, 2.75) is 6.61 Å². The molecule has 60 valence electrons. The SMILES string of the molecule is COCc1ccc(O)cc1Cl. The fourth-order valence-corrected chi connectivity index (χ4v) is 1.04. The minimum Gasteiger partial charge on any atom is -0.508 e. The van der Waals surface area contributed by atoms with Crippen LogP contribution < -0.4 is 0 Å². The lowest BCUT2D eigenvalue weighted by Gasteiger charge is -2.01. The van der Waals surface area contributed by atoms with Gasteiger partial charge in [0.05, 0.1) is 6.61 Å². The van der Waals surface area contributed by atoms with E-state index in [-0.39, 0.29) is 5.75 Å². The van der Waals surface area contributed by atoms with Crippen LogP contribution in [0.2, 0.25) is 5.02 Å². The number of benzene rings is 1. The molecule has 0 aliphatic heterocycles. The fourth-order valence-electron chi connectivity index (χ4n) is 0.809. The number of halogens is 1. The first-order valence-electron chi connectivity index (χ1n) is 3.20. The van der Waals surface area contributed by atoms with Gasteiger partial charge in [0.25, 0.3) is 0 Å². The summed E-state index contributed by atoms with van der Waals surface area (Å²) in [6, 6.07) is 4.82. The predicted molar refractivity (Wildman–Crippen MR) is 43.8 cm³/mol. The summed E-state index contributed by atoms with van der Waals surface area (Å²) in [7, 11) is 1.60. The molecule has 2 nitrogen and oxygen atoms in total. The molecule has 0 radical (unpaired) electrons. The molecule has 0 unspecified atom stereocenters. The number of phenols is 1. The van der Waals surface area contributed by atoms with Crippen molar-refractivity contribution in [3.05, 3.63) is 28.8 Å². The van der Waals surface area contributed by atoms with E-state index >= 15 is 0 Å². The minimum atomic E-state index is 0.176. The monoisotopic (exact) mass is 172 g/mol. The van der Waals surface area contributed by atoms with Crippen molar-refractivity contribution in [3.63, 3.8) is 0 Å². The Balaban J connectivity index is 2.90.